The van der Waals surface area contributed by atoms with Crippen molar-refractivity contribution in [2.24, 2.45) is 23.7 Å². The molecule has 1 aliphatic heterocycles. The summed E-state index contributed by atoms with van der Waals surface area (Å²) in [7, 11) is 0. The summed E-state index contributed by atoms with van der Waals surface area (Å²) in [4.78, 5) is 39.3. The zero-order valence-corrected chi connectivity index (χ0v) is 16.7. The van der Waals surface area contributed by atoms with Crippen LogP contribution in [0.25, 0.3) is 0 Å². The molecule has 4 atom stereocenters. The van der Waals surface area contributed by atoms with Gasteiger partial charge in [0.15, 0.2) is 0 Å². The molecule has 1 saturated carbocycles. The first-order valence-corrected chi connectivity index (χ1v) is 10.6. The van der Waals surface area contributed by atoms with Gasteiger partial charge in [-0.2, -0.15) is 0 Å². The van der Waals surface area contributed by atoms with Crippen molar-refractivity contribution in [1.82, 2.24) is 10.2 Å². The van der Waals surface area contributed by atoms with Crippen molar-refractivity contribution in [3.05, 3.63) is 47.0 Å². The number of nitrogens with one attached hydrogen (secondary N) is 1. The number of carbonyl (C=O) groups is 3. The van der Waals surface area contributed by atoms with Crippen LogP contribution < -0.4 is 10.2 Å². The van der Waals surface area contributed by atoms with Gasteiger partial charge < -0.3 is 5.32 Å². The molecule has 1 saturated heterocycles. The zero-order valence-electron chi connectivity index (χ0n) is 15.9. The minimum Gasteiger partial charge on any atom is -0.300 e. The Kier molecular flexibility index (Phi) is 4.31. The summed E-state index contributed by atoms with van der Waals surface area (Å²) in [5, 5.41) is 12.0. The van der Waals surface area contributed by atoms with E-state index in [0.717, 1.165) is 23.4 Å². The molecule has 7 nitrogen and oxygen atoms in total. The number of anilines is 2. The summed E-state index contributed by atoms with van der Waals surface area (Å²) in [5.41, 5.74) is 1.38. The first kappa shape index (κ1) is 18.2. The van der Waals surface area contributed by atoms with Gasteiger partial charge in [-0.25, -0.2) is 0 Å². The summed E-state index contributed by atoms with van der Waals surface area (Å²) in [6.07, 6.45) is 6.06. The number of rotatable bonds is 5. The van der Waals surface area contributed by atoms with Crippen LogP contribution in [0.15, 0.2) is 36.4 Å². The predicted molar refractivity (Wildman–Crippen MR) is 108 cm³/mol. The first-order chi connectivity index (χ1) is 14.0. The lowest BCUT2D eigenvalue weighted by molar-refractivity contribution is -0.123. The number of benzene rings is 1. The maximum Gasteiger partial charge on any atom is 0.238 e. The van der Waals surface area contributed by atoms with Crippen molar-refractivity contribution >= 4 is 39.9 Å². The maximum atomic E-state index is 12.9. The zero-order chi connectivity index (χ0) is 20.1. The van der Waals surface area contributed by atoms with Crippen LogP contribution in [0.2, 0.25) is 0 Å². The lowest BCUT2D eigenvalue weighted by Gasteiger charge is -2.17. The van der Waals surface area contributed by atoms with E-state index in [2.05, 4.69) is 27.7 Å². The molecular weight excluding hydrogens is 388 g/mol. The van der Waals surface area contributed by atoms with Crippen LogP contribution in [0.4, 0.5) is 10.8 Å². The molecule has 8 heteroatoms. The van der Waals surface area contributed by atoms with E-state index in [1.165, 1.54) is 16.2 Å². The third-order valence-electron chi connectivity index (χ3n) is 6.05. The highest BCUT2D eigenvalue weighted by atomic mass is 32.1. The Bertz CT molecular complexity index is 999. The fraction of sp³-hybridized carbons (Fsp3) is 0.381. The van der Waals surface area contributed by atoms with Crippen molar-refractivity contribution in [1.29, 1.82) is 0 Å². The normalized spacial score (nSPS) is 27.0. The van der Waals surface area contributed by atoms with Crippen LogP contribution in [0.1, 0.15) is 23.9 Å². The van der Waals surface area contributed by atoms with Gasteiger partial charge in [0.25, 0.3) is 0 Å². The van der Waals surface area contributed by atoms with Crippen LogP contribution in [0, 0.1) is 23.7 Å². The third kappa shape index (κ3) is 2.98. The Morgan fingerprint density at radius 3 is 2.34 bits per heavy atom. The van der Waals surface area contributed by atoms with Crippen molar-refractivity contribution in [2.75, 3.05) is 10.2 Å². The van der Waals surface area contributed by atoms with E-state index in [4.69, 9.17) is 0 Å². The number of allylic oxidation sites excluding steroid dienone is 2. The molecule has 1 N–H and O–H groups in total. The number of aryl methyl sites for hydroxylation is 1. The van der Waals surface area contributed by atoms with E-state index in [1.807, 2.05) is 6.92 Å². The number of imide groups is 1. The van der Waals surface area contributed by atoms with Gasteiger partial charge in [0, 0.05) is 0 Å². The average molecular weight is 408 g/mol. The highest BCUT2D eigenvalue weighted by molar-refractivity contribution is 7.15. The van der Waals surface area contributed by atoms with Gasteiger partial charge in [0.2, 0.25) is 22.9 Å². The molecule has 4 unspecified atom stereocenters. The number of aromatic nitrogens is 2. The van der Waals surface area contributed by atoms with Crippen LogP contribution in [0.5, 0.6) is 0 Å². The molecule has 3 aliphatic rings. The van der Waals surface area contributed by atoms with Crippen molar-refractivity contribution in [2.45, 2.75) is 26.2 Å². The number of carbonyl (C=O) groups excluding carboxylic acids is 3. The highest BCUT2D eigenvalue weighted by Gasteiger charge is 2.59. The first-order valence-electron chi connectivity index (χ1n) is 9.82. The Balaban J connectivity index is 1.26. The maximum absolute atomic E-state index is 12.9. The molecule has 2 fully saturated rings. The van der Waals surface area contributed by atoms with Crippen LogP contribution in [-0.4, -0.2) is 27.9 Å². The number of nitrogens with zero attached hydrogens (tertiary/aromatic N) is 3. The van der Waals surface area contributed by atoms with Crippen LogP contribution in [-0.2, 0) is 27.2 Å². The SMILES string of the molecule is CCc1nnc(NC(=O)Cc2ccc(N3C(=O)C4C5C=CC(C5)C4C3=O)cc2)s1. The topological polar surface area (TPSA) is 92.3 Å². The standard InChI is InChI=1S/C21H20N4O3S/c1-2-16-23-24-21(29-16)22-15(26)9-11-3-7-14(8-4-11)25-19(27)17-12-5-6-13(10-12)18(17)20(25)28/h3-8,12-13,17-18H,2,9-10H2,1H3,(H,22,24,26). The molecule has 0 radical (unpaired) electrons. The van der Waals surface area contributed by atoms with Crippen LogP contribution >= 0.6 is 11.3 Å². The van der Waals surface area contributed by atoms with E-state index in [1.54, 1.807) is 24.3 Å². The van der Waals surface area contributed by atoms with Crippen LogP contribution in [0.3, 0.4) is 0 Å². The molecule has 3 amide bonds. The smallest absolute Gasteiger partial charge is 0.238 e. The highest BCUT2D eigenvalue weighted by Crippen LogP contribution is 2.53. The van der Waals surface area contributed by atoms with Gasteiger partial charge in [-0.3, -0.25) is 19.3 Å². The molecule has 0 spiro atoms. The number of hydrogen-bond donors (Lipinski definition) is 1. The van der Waals surface area contributed by atoms with Gasteiger partial charge in [-0.05, 0) is 42.4 Å². The van der Waals surface area contributed by atoms with E-state index >= 15 is 0 Å². The van der Waals surface area contributed by atoms with Gasteiger partial charge in [0.1, 0.15) is 5.01 Å². The molecule has 5 rings (SSSR count). The fourth-order valence-electron chi connectivity index (χ4n) is 4.72. The van der Waals surface area contributed by atoms with Crippen molar-refractivity contribution in [3.8, 4) is 0 Å². The van der Waals surface area contributed by atoms with E-state index in [0.29, 0.717) is 10.8 Å². The molecule has 29 heavy (non-hydrogen) atoms. The lowest BCUT2D eigenvalue weighted by atomic mass is 9.85. The average Bonchev–Trinajstić information content (AvgIpc) is 3.47. The van der Waals surface area contributed by atoms with E-state index < -0.39 is 0 Å². The predicted octanol–water partition coefficient (Wildman–Crippen LogP) is 2.59. The van der Waals surface area contributed by atoms with E-state index in [9.17, 15) is 14.4 Å². The van der Waals surface area contributed by atoms with Gasteiger partial charge >= 0.3 is 0 Å². The number of hydrogen-bond acceptors (Lipinski definition) is 6. The van der Waals surface area contributed by atoms with E-state index in [-0.39, 0.29) is 47.8 Å². The Morgan fingerprint density at radius 2 is 1.76 bits per heavy atom. The van der Waals surface area contributed by atoms with Crippen molar-refractivity contribution < 1.29 is 14.4 Å². The summed E-state index contributed by atoms with van der Waals surface area (Å²) in [6, 6.07) is 7.06. The largest absolute Gasteiger partial charge is 0.300 e. The molecule has 2 aromatic rings. The Labute approximate surface area is 171 Å². The molecule has 1 aromatic heterocycles. The van der Waals surface area contributed by atoms with Gasteiger partial charge in [0.05, 0.1) is 23.9 Å². The number of fused-ring (bicyclic) bond motifs is 5. The second-order valence-corrected chi connectivity index (χ2v) is 8.82. The van der Waals surface area contributed by atoms with Gasteiger partial charge in [-0.15, -0.1) is 10.2 Å². The Hall–Kier alpha value is -2.87. The van der Waals surface area contributed by atoms with Crippen molar-refractivity contribution in [3.63, 3.8) is 0 Å². The minimum absolute atomic E-state index is 0.0923. The molecular formula is C21H20N4O3S. The molecule has 2 heterocycles. The molecule has 1 aromatic carbocycles. The molecule has 2 aliphatic carbocycles. The second-order valence-electron chi connectivity index (χ2n) is 7.76. The third-order valence-corrected chi connectivity index (χ3v) is 7.03. The summed E-state index contributed by atoms with van der Waals surface area (Å²) >= 11 is 1.36. The molecule has 148 valence electrons. The second kappa shape index (κ2) is 6.88. The monoisotopic (exact) mass is 408 g/mol. The summed E-state index contributed by atoms with van der Waals surface area (Å²) < 4.78 is 0. The van der Waals surface area contributed by atoms with Gasteiger partial charge in [-0.1, -0.05) is 42.5 Å². The lowest BCUT2D eigenvalue weighted by Crippen LogP contribution is -2.32. The summed E-state index contributed by atoms with van der Waals surface area (Å²) in [6.45, 7) is 1.98. The Morgan fingerprint density at radius 1 is 1.10 bits per heavy atom. The molecule has 2 bridgehead atoms. The fourth-order valence-corrected chi connectivity index (χ4v) is 5.41. The number of amides is 3. The summed E-state index contributed by atoms with van der Waals surface area (Å²) in [5.74, 6) is -0.380. The minimum atomic E-state index is -0.206. The quantitative estimate of drug-likeness (QED) is 0.606.